The topological polar surface area (TPSA) is 96.0 Å². The molecule has 2 amide bonds. The fraction of sp³-hybridized carbons (Fsp3) is 0.257. The second-order valence-corrected chi connectivity index (χ2v) is 13.2. The zero-order chi connectivity index (χ0) is 33.3. The van der Waals surface area contributed by atoms with Gasteiger partial charge in [-0.15, -0.1) is 0 Å². The van der Waals surface area contributed by atoms with Gasteiger partial charge in [0.1, 0.15) is 24.2 Å². The summed E-state index contributed by atoms with van der Waals surface area (Å²) in [4.78, 5) is 29.6. The fourth-order valence-corrected chi connectivity index (χ4v) is 6.46. The number of hydrogen-bond acceptors (Lipinski definition) is 5. The van der Waals surface area contributed by atoms with Gasteiger partial charge in [0.25, 0.3) is 10.0 Å². The molecule has 46 heavy (non-hydrogen) atoms. The van der Waals surface area contributed by atoms with Gasteiger partial charge in [0.2, 0.25) is 11.8 Å². The van der Waals surface area contributed by atoms with Crippen LogP contribution in [0.15, 0.2) is 108 Å². The molecule has 1 N–H and O–H groups in total. The first-order chi connectivity index (χ1) is 22.0. The van der Waals surface area contributed by atoms with Gasteiger partial charge in [0, 0.05) is 24.0 Å². The summed E-state index contributed by atoms with van der Waals surface area (Å²) in [6, 6.07) is 25.8. The van der Waals surface area contributed by atoms with E-state index >= 15 is 0 Å². The third-order valence-electron chi connectivity index (χ3n) is 7.08. The van der Waals surface area contributed by atoms with Crippen molar-refractivity contribution in [3.8, 4) is 5.75 Å². The second-order valence-electron chi connectivity index (χ2n) is 10.9. The highest BCUT2D eigenvalue weighted by molar-refractivity contribution is 7.92. The van der Waals surface area contributed by atoms with Crippen LogP contribution in [0.1, 0.15) is 31.9 Å². The number of ether oxygens (including phenoxy) is 1. The smallest absolute Gasteiger partial charge is 0.264 e. The number of para-hydroxylation sites is 2. The maximum atomic E-state index is 14.5. The number of carbonyl (C=O) groups is 2. The summed E-state index contributed by atoms with van der Waals surface area (Å²) in [5.74, 6) is -1.24. The van der Waals surface area contributed by atoms with Crippen LogP contribution >= 0.6 is 11.6 Å². The SMILES string of the molecule is CCOc1ccccc1N(CC(=O)N(Cc1ccc(F)cc1)[C@H](Cc1ccccc1)C(=O)NC(C)C)S(=O)(=O)c1ccc(Cl)cc1. The quantitative estimate of drug-likeness (QED) is 0.172. The maximum absolute atomic E-state index is 14.5. The van der Waals surface area contributed by atoms with E-state index in [9.17, 15) is 22.4 Å². The van der Waals surface area contributed by atoms with Crippen molar-refractivity contribution in [3.05, 3.63) is 125 Å². The van der Waals surface area contributed by atoms with Gasteiger partial charge in [0.05, 0.1) is 17.2 Å². The lowest BCUT2D eigenvalue weighted by atomic mass is 10.0. The first-order valence-corrected chi connectivity index (χ1v) is 16.7. The molecule has 4 rings (SSSR count). The van der Waals surface area contributed by atoms with Crippen LogP contribution in [-0.4, -0.2) is 50.4 Å². The Bertz CT molecular complexity index is 1720. The first-order valence-electron chi connectivity index (χ1n) is 14.9. The molecule has 0 aliphatic rings. The standard InChI is InChI=1S/C35H37ClFN3O5S/c1-4-45-33-13-9-8-12-31(33)40(46(43,44)30-20-16-28(36)17-21-30)24-34(41)39(23-27-14-18-29(37)19-15-27)32(35(42)38-25(2)3)22-26-10-6-5-7-11-26/h5-21,25,32H,4,22-24H2,1-3H3,(H,38,42)/t32-/m1/s1. The minimum Gasteiger partial charge on any atom is -0.492 e. The monoisotopic (exact) mass is 665 g/mol. The van der Waals surface area contributed by atoms with Crippen molar-refractivity contribution in [3.63, 3.8) is 0 Å². The predicted molar refractivity (Wildman–Crippen MR) is 178 cm³/mol. The maximum Gasteiger partial charge on any atom is 0.264 e. The molecule has 242 valence electrons. The zero-order valence-electron chi connectivity index (χ0n) is 25.9. The summed E-state index contributed by atoms with van der Waals surface area (Å²) in [5, 5.41) is 3.26. The summed E-state index contributed by atoms with van der Waals surface area (Å²) in [6.07, 6.45) is 0.159. The Morgan fingerprint density at radius 1 is 0.870 bits per heavy atom. The van der Waals surface area contributed by atoms with E-state index in [1.807, 2.05) is 44.2 Å². The van der Waals surface area contributed by atoms with E-state index in [0.717, 1.165) is 9.87 Å². The average molecular weight is 666 g/mol. The Balaban J connectivity index is 1.84. The van der Waals surface area contributed by atoms with Gasteiger partial charge in [-0.2, -0.15) is 0 Å². The van der Waals surface area contributed by atoms with Crippen LogP contribution in [0.2, 0.25) is 5.02 Å². The molecular weight excluding hydrogens is 629 g/mol. The van der Waals surface area contributed by atoms with Crippen molar-refractivity contribution >= 4 is 39.1 Å². The van der Waals surface area contributed by atoms with E-state index in [0.29, 0.717) is 10.6 Å². The van der Waals surface area contributed by atoms with Crippen LogP contribution in [0.25, 0.3) is 0 Å². The third kappa shape index (κ3) is 8.86. The van der Waals surface area contributed by atoms with Crippen molar-refractivity contribution in [1.82, 2.24) is 10.2 Å². The number of carbonyl (C=O) groups excluding carboxylic acids is 2. The molecule has 0 spiro atoms. The number of amides is 2. The van der Waals surface area contributed by atoms with Crippen LogP contribution < -0.4 is 14.4 Å². The molecule has 4 aromatic carbocycles. The number of nitrogens with one attached hydrogen (secondary N) is 1. The highest BCUT2D eigenvalue weighted by Gasteiger charge is 2.35. The van der Waals surface area contributed by atoms with Gasteiger partial charge in [-0.05, 0) is 80.4 Å². The van der Waals surface area contributed by atoms with Crippen molar-refractivity contribution in [2.24, 2.45) is 0 Å². The highest BCUT2D eigenvalue weighted by atomic mass is 35.5. The molecule has 1 atom stereocenters. The number of anilines is 1. The Kier molecular flexibility index (Phi) is 11.8. The predicted octanol–water partition coefficient (Wildman–Crippen LogP) is 6.24. The van der Waals surface area contributed by atoms with Crippen LogP contribution in [-0.2, 0) is 32.6 Å². The molecule has 0 aromatic heterocycles. The lowest BCUT2D eigenvalue weighted by Gasteiger charge is -2.34. The number of sulfonamides is 1. The van der Waals surface area contributed by atoms with Gasteiger partial charge < -0.3 is 15.0 Å². The summed E-state index contributed by atoms with van der Waals surface area (Å²) in [5.41, 5.74) is 1.52. The van der Waals surface area contributed by atoms with Gasteiger partial charge in [-0.3, -0.25) is 13.9 Å². The van der Waals surface area contributed by atoms with E-state index in [2.05, 4.69) is 5.32 Å². The van der Waals surface area contributed by atoms with Crippen molar-refractivity contribution in [2.75, 3.05) is 17.5 Å². The van der Waals surface area contributed by atoms with Crippen LogP contribution in [0.4, 0.5) is 10.1 Å². The molecule has 0 aliphatic carbocycles. The number of hydrogen-bond donors (Lipinski definition) is 1. The van der Waals surface area contributed by atoms with E-state index in [-0.39, 0.29) is 41.9 Å². The highest BCUT2D eigenvalue weighted by Crippen LogP contribution is 2.33. The minimum absolute atomic E-state index is 0.0793. The molecule has 4 aromatic rings. The summed E-state index contributed by atoms with van der Waals surface area (Å²) in [6.45, 7) is 4.92. The van der Waals surface area contributed by atoms with Crippen LogP contribution in [0.5, 0.6) is 5.75 Å². The second kappa shape index (κ2) is 15.7. The number of benzene rings is 4. The number of rotatable bonds is 14. The van der Waals surface area contributed by atoms with Crippen molar-refractivity contribution in [1.29, 1.82) is 0 Å². The normalized spacial score (nSPS) is 12.0. The molecule has 0 bridgehead atoms. The van der Waals surface area contributed by atoms with Gasteiger partial charge in [-0.25, -0.2) is 12.8 Å². The lowest BCUT2D eigenvalue weighted by Crippen LogP contribution is -2.54. The average Bonchev–Trinajstić information content (AvgIpc) is 3.03. The molecular formula is C35H37ClFN3O5S. The van der Waals surface area contributed by atoms with Gasteiger partial charge in [0.15, 0.2) is 0 Å². The molecule has 0 saturated carbocycles. The van der Waals surface area contributed by atoms with Crippen LogP contribution in [0.3, 0.4) is 0 Å². The minimum atomic E-state index is -4.35. The first kappa shape index (κ1) is 34.5. The van der Waals surface area contributed by atoms with Crippen LogP contribution in [0, 0.1) is 5.82 Å². The van der Waals surface area contributed by atoms with E-state index in [4.69, 9.17) is 16.3 Å². The van der Waals surface area contributed by atoms with Gasteiger partial charge >= 0.3 is 0 Å². The molecule has 0 unspecified atom stereocenters. The summed E-state index contributed by atoms with van der Waals surface area (Å²) < 4.78 is 49.1. The molecule has 0 saturated heterocycles. The Hall–Kier alpha value is -4.41. The van der Waals surface area contributed by atoms with Crippen molar-refractivity contribution < 1.29 is 27.1 Å². The van der Waals surface area contributed by atoms with E-state index in [1.165, 1.54) is 53.4 Å². The van der Waals surface area contributed by atoms with Gasteiger partial charge in [-0.1, -0.05) is 66.2 Å². The summed E-state index contributed by atoms with van der Waals surface area (Å²) in [7, 11) is -4.35. The molecule has 0 fully saturated rings. The van der Waals surface area contributed by atoms with E-state index in [1.54, 1.807) is 31.2 Å². The zero-order valence-corrected chi connectivity index (χ0v) is 27.5. The molecule has 0 aliphatic heterocycles. The Morgan fingerprint density at radius 3 is 2.13 bits per heavy atom. The molecule has 0 radical (unpaired) electrons. The lowest BCUT2D eigenvalue weighted by molar-refractivity contribution is -0.140. The Morgan fingerprint density at radius 2 is 1.50 bits per heavy atom. The van der Waals surface area contributed by atoms with Crippen molar-refractivity contribution in [2.45, 2.75) is 50.7 Å². The largest absolute Gasteiger partial charge is 0.492 e. The number of nitrogens with zero attached hydrogens (tertiary/aromatic N) is 2. The fourth-order valence-electron chi connectivity index (χ4n) is 4.91. The molecule has 8 nitrogen and oxygen atoms in total. The third-order valence-corrected chi connectivity index (χ3v) is 9.11. The summed E-state index contributed by atoms with van der Waals surface area (Å²) >= 11 is 6.05. The molecule has 11 heteroatoms. The molecule has 0 heterocycles. The number of halogens is 2. The Labute approximate surface area is 274 Å². The van der Waals surface area contributed by atoms with E-state index < -0.39 is 40.2 Å².